The lowest BCUT2D eigenvalue weighted by Crippen LogP contribution is -2.19. The number of nitrogens with zero attached hydrogens (tertiary/aromatic N) is 1. The maximum absolute atomic E-state index is 11.8. The van der Waals surface area contributed by atoms with Gasteiger partial charge in [0.25, 0.3) is 0 Å². The Hall–Kier alpha value is -3.06. The lowest BCUT2D eigenvalue weighted by molar-refractivity contribution is -0.139. The van der Waals surface area contributed by atoms with Crippen LogP contribution in [-0.4, -0.2) is 36.9 Å². The van der Waals surface area contributed by atoms with E-state index in [0.717, 1.165) is 5.56 Å². The first-order valence-electron chi connectivity index (χ1n) is 7.57. The van der Waals surface area contributed by atoms with Gasteiger partial charge in [0, 0.05) is 0 Å². The molecule has 0 aromatic heterocycles. The first-order valence-corrected chi connectivity index (χ1v) is 7.95. The third-order valence-corrected chi connectivity index (χ3v) is 3.48. The highest BCUT2D eigenvalue weighted by atomic mass is 35.5. The molecule has 0 aliphatic heterocycles. The number of nitrogens with one attached hydrogen (secondary N) is 1. The van der Waals surface area contributed by atoms with Crippen LogP contribution in [0, 0.1) is 0 Å². The van der Waals surface area contributed by atoms with Crippen molar-refractivity contribution in [3.63, 3.8) is 0 Å². The van der Waals surface area contributed by atoms with Gasteiger partial charge in [-0.2, -0.15) is 5.10 Å². The SMILES string of the molecule is COc1cc(/C=N\NC(=O)Cc2ccccc2)cc(Cl)c1OCC(=O)O. The van der Waals surface area contributed by atoms with Crippen molar-refractivity contribution in [1.82, 2.24) is 5.43 Å². The highest BCUT2D eigenvalue weighted by Gasteiger charge is 2.13. The normalized spacial score (nSPS) is 10.5. The van der Waals surface area contributed by atoms with Gasteiger partial charge in [0.15, 0.2) is 18.1 Å². The maximum atomic E-state index is 11.8. The van der Waals surface area contributed by atoms with Crippen LogP contribution in [0.3, 0.4) is 0 Å². The van der Waals surface area contributed by atoms with Crippen molar-refractivity contribution in [2.75, 3.05) is 13.7 Å². The summed E-state index contributed by atoms with van der Waals surface area (Å²) < 4.78 is 10.3. The Kier molecular flexibility index (Phi) is 6.99. The Morgan fingerprint density at radius 3 is 2.65 bits per heavy atom. The van der Waals surface area contributed by atoms with Crippen molar-refractivity contribution in [2.24, 2.45) is 5.10 Å². The molecular weight excluding hydrogens is 360 g/mol. The number of hydrazone groups is 1. The number of carbonyl (C=O) groups is 2. The van der Waals surface area contributed by atoms with Crippen LogP contribution < -0.4 is 14.9 Å². The number of benzene rings is 2. The van der Waals surface area contributed by atoms with E-state index in [1.165, 1.54) is 19.4 Å². The Labute approximate surface area is 155 Å². The Balaban J connectivity index is 2.02. The lowest BCUT2D eigenvalue weighted by atomic mass is 10.1. The van der Waals surface area contributed by atoms with Crippen molar-refractivity contribution < 1.29 is 24.2 Å². The number of hydrogen-bond acceptors (Lipinski definition) is 5. The molecule has 2 rings (SSSR count). The molecule has 8 heteroatoms. The molecule has 26 heavy (non-hydrogen) atoms. The smallest absolute Gasteiger partial charge is 0.341 e. The predicted molar refractivity (Wildman–Crippen MR) is 97.0 cm³/mol. The summed E-state index contributed by atoms with van der Waals surface area (Å²) in [5.41, 5.74) is 3.86. The molecule has 0 saturated carbocycles. The maximum Gasteiger partial charge on any atom is 0.341 e. The van der Waals surface area contributed by atoms with E-state index in [-0.39, 0.29) is 28.8 Å². The fourth-order valence-electron chi connectivity index (χ4n) is 2.09. The van der Waals surface area contributed by atoms with Crippen molar-refractivity contribution in [3.8, 4) is 11.5 Å². The minimum Gasteiger partial charge on any atom is -0.493 e. The van der Waals surface area contributed by atoms with E-state index in [2.05, 4.69) is 10.5 Å². The summed E-state index contributed by atoms with van der Waals surface area (Å²) in [5.74, 6) is -1.00. The standard InChI is InChI=1S/C18H17ClN2O5/c1-25-15-8-13(7-14(19)18(15)26-11-17(23)24)10-20-21-16(22)9-12-5-3-2-4-6-12/h2-8,10H,9,11H2,1H3,(H,21,22)(H,23,24)/b20-10-. The first kappa shape index (κ1) is 19.3. The summed E-state index contributed by atoms with van der Waals surface area (Å²) in [4.78, 5) is 22.5. The monoisotopic (exact) mass is 376 g/mol. The number of ether oxygens (including phenoxy) is 2. The summed E-state index contributed by atoms with van der Waals surface area (Å²) in [7, 11) is 1.40. The summed E-state index contributed by atoms with van der Waals surface area (Å²) in [6.07, 6.45) is 1.61. The topological polar surface area (TPSA) is 97.2 Å². The summed E-state index contributed by atoms with van der Waals surface area (Å²) >= 11 is 6.10. The van der Waals surface area contributed by atoms with Gasteiger partial charge in [0.1, 0.15) is 0 Å². The van der Waals surface area contributed by atoms with Crippen LogP contribution in [0.4, 0.5) is 0 Å². The molecule has 0 radical (unpaired) electrons. The number of amides is 1. The predicted octanol–water partition coefficient (Wildman–Crippen LogP) is 2.50. The van der Waals surface area contributed by atoms with E-state index in [4.69, 9.17) is 26.2 Å². The minimum absolute atomic E-state index is 0.127. The fraction of sp³-hybridized carbons (Fsp3) is 0.167. The molecular formula is C18H17ClN2O5. The zero-order valence-corrected chi connectivity index (χ0v) is 14.7. The molecule has 0 spiro atoms. The first-order chi connectivity index (χ1) is 12.5. The third-order valence-electron chi connectivity index (χ3n) is 3.20. The van der Waals surface area contributed by atoms with Gasteiger partial charge in [-0.1, -0.05) is 41.9 Å². The van der Waals surface area contributed by atoms with Crippen molar-refractivity contribution >= 4 is 29.7 Å². The second-order valence-electron chi connectivity index (χ2n) is 5.17. The number of carbonyl (C=O) groups excluding carboxylic acids is 1. The van der Waals surface area contributed by atoms with Gasteiger partial charge in [-0.05, 0) is 23.3 Å². The molecule has 0 aliphatic carbocycles. The number of halogens is 1. The van der Waals surface area contributed by atoms with E-state index in [1.54, 1.807) is 6.07 Å². The lowest BCUT2D eigenvalue weighted by Gasteiger charge is -2.11. The second-order valence-corrected chi connectivity index (χ2v) is 5.58. The van der Waals surface area contributed by atoms with Crippen LogP contribution in [0.25, 0.3) is 0 Å². The molecule has 0 unspecified atom stereocenters. The molecule has 2 aromatic rings. The Morgan fingerprint density at radius 1 is 1.27 bits per heavy atom. The van der Waals surface area contributed by atoms with Gasteiger partial charge in [-0.15, -0.1) is 0 Å². The van der Waals surface area contributed by atoms with Gasteiger partial charge in [-0.25, -0.2) is 10.2 Å². The van der Waals surface area contributed by atoms with Gasteiger partial charge >= 0.3 is 5.97 Å². The van der Waals surface area contributed by atoms with Crippen LogP contribution in [0.2, 0.25) is 5.02 Å². The number of carboxylic acid groups (broad SMARTS) is 1. The highest BCUT2D eigenvalue weighted by molar-refractivity contribution is 6.32. The molecule has 1 amide bonds. The summed E-state index contributed by atoms with van der Waals surface area (Å²) in [6, 6.07) is 12.4. The van der Waals surface area contributed by atoms with E-state index in [1.807, 2.05) is 30.3 Å². The second kappa shape index (κ2) is 9.43. The van der Waals surface area contributed by atoms with E-state index < -0.39 is 12.6 Å². The quantitative estimate of drug-likeness (QED) is 0.545. The summed E-state index contributed by atoms with van der Waals surface area (Å²) in [5, 5.41) is 12.7. The number of aliphatic carboxylic acids is 1. The van der Waals surface area contributed by atoms with Crippen LogP contribution >= 0.6 is 11.6 Å². The zero-order valence-electron chi connectivity index (χ0n) is 13.9. The van der Waals surface area contributed by atoms with Crippen LogP contribution in [0.5, 0.6) is 11.5 Å². The minimum atomic E-state index is -1.13. The molecule has 0 bridgehead atoms. The molecule has 2 N–H and O–H groups in total. The van der Waals surface area contributed by atoms with Crippen molar-refractivity contribution in [2.45, 2.75) is 6.42 Å². The molecule has 0 fully saturated rings. The number of rotatable bonds is 8. The number of hydrogen-bond donors (Lipinski definition) is 2. The fourth-order valence-corrected chi connectivity index (χ4v) is 2.36. The van der Waals surface area contributed by atoms with Gasteiger partial charge < -0.3 is 14.6 Å². The van der Waals surface area contributed by atoms with Crippen LogP contribution in [0.15, 0.2) is 47.6 Å². The summed E-state index contributed by atoms with van der Waals surface area (Å²) in [6.45, 7) is -0.543. The molecule has 136 valence electrons. The number of methoxy groups -OCH3 is 1. The average Bonchev–Trinajstić information content (AvgIpc) is 2.61. The Morgan fingerprint density at radius 2 is 2.00 bits per heavy atom. The van der Waals surface area contributed by atoms with E-state index >= 15 is 0 Å². The van der Waals surface area contributed by atoms with Crippen molar-refractivity contribution in [1.29, 1.82) is 0 Å². The molecule has 0 atom stereocenters. The zero-order chi connectivity index (χ0) is 18.9. The number of carboxylic acids is 1. The van der Waals surface area contributed by atoms with E-state index in [9.17, 15) is 9.59 Å². The van der Waals surface area contributed by atoms with Crippen LogP contribution in [-0.2, 0) is 16.0 Å². The molecule has 0 heterocycles. The largest absolute Gasteiger partial charge is 0.493 e. The third kappa shape index (κ3) is 5.78. The molecule has 2 aromatic carbocycles. The van der Waals surface area contributed by atoms with Gasteiger partial charge in [0.05, 0.1) is 24.8 Å². The van der Waals surface area contributed by atoms with E-state index in [0.29, 0.717) is 5.56 Å². The van der Waals surface area contributed by atoms with Gasteiger partial charge in [-0.3, -0.25) is 4.79 Å². The highest BCUT2D eigenvalue weighted by Crippen LogP contribution is 2.36. The van der Waals surface area contributed by atoms with Gasteiger partial charge in [0.2, 0.25) is 5.91 Å². The van der Waals surface area contributed by atoms with Crippen molar-refractivity contribution in [3.05, 3.63) is 58.6 Å². The van der Waals surface area contributed by atoms with Crippen LogP contribution in [0.1, 0.15) is 11.1 Å². The molecule has 0 saturated heterocycles. The average molecular weight is 377 g/mol. The molecule has 7 nitrogen and oxygen atoms in total. The Bertz CT molecular complexity index is 809. The molecule has 0 aliphatic rings.